The zero-order valence-corrected chi connectivity index (χ0v) is 6.32. The molecule has 0 aliphatic heterocycles. The topological polar surface area (TPSA) is 63.6 Å². The fraction of sp³-hybridized carbons (Fsp3) is 0.333. The van der Waals surface area contributed by atoms with Crippen LogP contribution in [-0.2, 0) is 14.3 Å². The minimum absolute atomic E-state index is 0.133. The largest absolute Gasteiger partial charge is 0.481 e. The van der Waals surface area contributed by atoms with Gasteiger partial charge in [-0.2, -0.15) is 0 Å². The summed E-state index contributed by atoms with van der Waals surface area (Å²) in [5.74, 6) is -0.962. The highest BCUT2D eigenvalue weighted by atomic mass is 35.5. The summed E-state index contributed by atoms with van der Waals surface area (Å²) in [6.07, 6.45) is 2.46. The van der Waals surface area contributed by atoms with E-state index in [9.17, 15) is 9.59 Å². The minimum Gasteiger partial charge on any atom is -0.481 e. The van der Waals surface area contributed by atoms with Gasteiger partial charge in [-0.1, -0.05) is 17.7 Å². The number of alkyl halides is 1. The van der Waals surface area contributed by atoms with Gasteiger partial charge < -0.3 is 9.84 Å². The van der Waals surface area contributed by atoms with E-state index in [0.717, 1.165) is 0 Å². The highest BCUT2D eigenvalue weighted by Gasteiger charge is 1.96. The predicted octanol–water partition coefficient (Wildman–Crippen LogP) is 0.755. The van der Waals surface area contributed by atoms with Gasteiger partial charge in [0, 0.05) is 0 Å². The van der Waals surface area contributed by atoms with E-state index in [1.165, 1.54) is 12.2 Å². The lowest BCUT2D eigenvalue weighted by Crippen LogP contribution is -1.99. The number of hydrogen-bond donors (Lipinski definition) is 1. The Morgan fingerprint density at radius 3 is 2.82 bits per heavy atom. The van der Waals surface area contributed by atoms with Crippen molar-refractivity contribution in [3.05, 3.63) is 12.2 Å². The van der Waals surface area contributed by atoms with Crippen molar-refractivity contribution in [3.63, 3.8) is 0 Å². The lowest BCUT2D eigenvalue weighted by molar-refractivity contribution is -0.136. The second-order valence-electron chi connectivity index (χ2n) is 1.61. The zero-order valence-electron chi connectivity index (χ0n) is 5.57. The van der Waals surface area contributed by atoms with Crippen LogP contribution < -0.4 is 0 Å². The van der Waals surface area contributed by atoms with E-state index >= 15 is 0 Å². The van der Waals surface area contributed by atoms with Crippen molar-refractivity contribution in [2.24, 2.45) is 0 Å². The molecule has 0 amide bonds. The molecule has 0 spiro atoms. The molecule has 0 rings (SSSR count). The van der Waals surface area contributed by atoms with Crippen LogP contribution in [0.25, 0.3) is 0 Å². The average Bonchev–Trinajstić information content (AvgIpc) is 1.87. The fourth-order valence-corrected chi connectivity index (χ4v) is 0.519. The van der Waals surface area contributed by atoms with Crippen molar-refractivity contribution >= 4 is 24.0 Å². The van der Waals surface area contributed by atoms with Gasteiger partial charge in [-0.15, -0.1) is 0 Å². The highest BCUT2D eigenvalue weighted by molar-refractivity contribution is 6.21. The van der Waals surface area contributed by atoms with Crippen molar-refractivity contribution < 1.29 is 19.4 Å². The summed E-state index contributed by atoms with van der Waals surface area (Å²) in [6.45, 7) is 0.197. The van der Waals surface area contributed by atoms with Crippen LogP contribution in [0.4, 0.5) is 0 Å². The Hall–Kier alpha value is -1.03. The number of rotatable bonds is 5. The monoisotopic (exact) mass is 178 g/mol. The lowest BCUT2D eigenvalue weighted by Gasteiger charge is -1.97. The van der Waals surface area contributed by atoms with E-state index in [-0.39, 0.29) is 12.9 Å². The lowest BCUT2D eigenvalue weighted by atomic mass is 10.4. The third kappa shape index (κ3) is 6.86. The molecular formula is C6H7ClO4. The standard InChI is InChI=1S/C6H7ClO4/c7-5(11-4-8)2-1-3-6(9)10/h1-2,4-5H,3H2,(H,9,10)/b2-1+. The summed E-state index contributed by atoms with van der Waals surface area (Å²) in [5, 5.41) is 8.15. The highest BCUT2D eigenvalue weighted by Crippen LogP contribution is 1.98. The van der Waals surface area contributed by atoms with Gasteiger partial charge in [-0.05, 0) is 6.08 Å². The van der Waals surface area contributed by atoms with Gasteiger partial charge in [0.05, 0.1) is 6.42 Å². The number of carbonyl (C=O) groups is 2. The molecule has 0 heterocycles. The predicted molar refractivity (Wildman–Crippen MR) is 38.2 cm³/mol. The molecule has 1 N–H and O–H groups in total. The van der Waals surface area contributed by atoms with Crippen LogP contribution in [-0.4, -0.2) is 23.1 Å². The molecule has 5 heteroatoms. The van der Waals surface area contributed by atoms with Crippen LogP contribution in [0.5, 0.6) is 0 Å². The van der Waals surface area contributed by atoms with Gasteiger partial charge in [-0.25, -0.2) is 0 Å². The maximum Gasteiger partial charge on any atom is 0.307 e. The van der Waals surface area contributed by atoms with E-state index in [0.29, 0.717) is 0 Å². The first-order chi connectivity index (χ1) is 5.16. The Morgan fingerprint density at radius 2 is 2.36 bits per heavy atom. The molecule has 62 valence electrons. The molecule has 11 heavy (non-hydrogen) atoms. The molecule has 4 nitrogen and oxygen atoms in total. The van der Waals surface area contributed by atoms with E-state index in [4.69, 9.17) is 16.7 Å². The van der Waals surface area contributed by atoms with Crippen molar-refractivity contribution in [2.75, 3.05) is 0 Å². The summed E-state index contributed by atoms with van der Waals surface area (Å²) in [7, 11) is 0. The molecule has 0 aromatic heterocycles. The van der Waals surface area contributed by atoms with Gasteiger partial charge in [0.15, 0.2) is 5.56 Å². The first-order valence-electron chi connectivity index (χ1n) is 2.78. The number of ether oxygens (including phenoxy) is 1. The number of carboxylic acids is 1. The quantitative estimate of drug-likeness (QED) is 0.384. The molecule has 0 fully saturated rings. The number of carboxylic acid groups (broad SMARTS) is 1. The zero-order chi connectivity index (χ0) is 8.69. The second-order valence-corrected chi connectivity index (χ2v) is 2.04. The Morgan fingerprint density at radius 1 is 1.73 bits per heavy atom. The Bertz CT molecular complexity index is 166. The molecule has 1 unspecified atom stereocenters. The third-order valence-electron chi connectivity index (χ3n) is 0.765. The second kappa shape index (κ2) is 5.73. The molecule has 0 aromatic carbocycles. The number of carbonyl (C=O) groups excluding carboxylic acids is 1. The van der Waals surface area contributed by atoms with E-state index in [1.54, 1.807) is 0 Å². The molecular weight excluding hydrogens is 172 g/mol. The first-order valence-corrected chi connectivity index (χ1v) is 3.22. The summed E-state index contributed by atoms with van der Waals surface area (Å²) >= 11 is 5.33. The maximum atomic E-state index is 9.93. The smallest absolute Gasteiger partial charge is 0.307 e. The fourth-order valence-electron chi connectivity index (χ4n) is 0.374. The SMILES string of the molecule is O=COC(Cl)/C=C/CC(=O)O. The number of halogens is 1. The van der Waals surface area contributed by atoms with Crippen molar-refractivity contribution in [1.29, 1.82) is 0 Å². The normalized spacial score (nSPS) is 12.8. The van der Waals surface area contributed by atoms with Crippen LogP contribution in [0.1, 0.15) is 6.42 Å². The summed E-state index contributed by atoms with van der Waals surface area (Å²) < 4.78 is 4.23. The van der Waals surface area contributed by atoms with E-state index < -0.39 is 11.5 Å². The summed E-state index contributed by atoms with van der Waals surface area (Å²) in [4.78, 5) is 19.6. The van der Waals surface area contributed by atoms with E-state index in [2.05, 4.69) is 4.74 Å². The van der Waals surface area contributed by atoms with Crippen molar-refractivity contribution in [2.45, 2.75) is 12.0 Å². The van der Waals surface area contributed by atoms with Gasteiger partial charge in [0.2, 0.25) is 0 Å². The van der Waals surface area contributed by atoms with E-state index in [1.807, 2.05) is 0 Å². The third-order valence-corrected chi connectivity index (χ3v) is 1.01. The molecule has 0 aromatic rings. The molecule has 0 radical (unpaired) electrons. The summed E-state index contributed by atoms with van der Waals surface area (Å²) in [5.41, 5.74) is -0.883. The van der Waals surface area contributed by atoms with Gasteiger partial charge in [-0.3, -0.25) is 9.59 Å². The Labute approximate surface area is 68.4 Å². The molecule has 1 atom stereocenters. The molecule has 0 saturated heterocycles. The number of hydrogen-bond acceptors (Lipinski definition) is 3. The van der Waals surface area contributed by atoms with Gasteiger partial charge in [0.25, 0.3) is 6.47 Å². The number of aliphatic carboxylic acids is 1. The average molecular weight is 179 g/mol. The van der Waals surface area contributed by atoms with Crippen molar-refractivity contribution in [1.82, 2.24) is 0 Å². The first kappa shape index (κ1) is 9.97. The van der Waals surface area contributed by atoms with Crippen LogP contribution in [0.15, 0.2) is 12.2 Å². The van der Waals surface area contributed by atoms with Crippen molar-refractivity contribution in [3.8, 4) is 0 Å². The Balaban J connectivity index is 3.55. The molecule has 0 aliphatic rings. The van der Waals surface area contributed by atoms with Crippen LogP contribution in [0.3, 0.4) is 0 Å². The molecule has 0 saturated carbocycles. The Kier molecular flexibility index (Phi) is 5.20. The van der Waals surface area contributed by atoms with Crippen LogP contribution in [0.2, 0.25) is 0 Å². The van der Waals surface area contributed by atoms with Crippen LogP contribution >= 0.6 is 11.6 Å². The minimum atomic E-state index is -0.962. The maximum absolute atomic E-state index is 9.93. The van der Waals surface area contributed by atoms with Gasteiger partial charge in [0.1, 0.15) is 0 Å². The van der Waals surface area contributed by atoms with Crippen LogP contribution in [0, 0.1) is 0 Å². The molecule has 0 bridgehead atoms. The van der Waals surface area contributed by atoms with Gasteiger partial charge >= 0.3 is 5.97 Å². The summed E-state index contributed by atoms with van der Waals surface area (Å²) in [6, 6.07) is 0. The molecule has 0 aliphatic carbocycles.